The fourth-order valence-electron chi connectivity index (χ4n) is 4.97. The average molecular weight is 462 g/mol. The lowest BCUT2D eigenvalue weighted by Crippen LogP contribution is -2.47. The minimum atomic E-state index is -0.283. The van der Waals surface area contributed by atoms with Crippen LogP contribution in [0.2, 0.25) is 0 Å². The molecule has 0 aromatic heterocycles. The smallest absolute Gasteiger partial charge is 0.224 e. The Morgan fingerprint density at radius 3 is 2.12 bits per heavy atom. The lowest BCUT2D eigenvalue weighted by Gasteiger charge is -2.41. The highest BCUT2D eigenvalue weighted by Crippen LogP contribution is 2.39. The van der Waals surface area contributed by atoms with E-state index < -0.39 is 0 Å². The van der Waals surface area contributed by atoms with Crippen LogP contribution in [0.5, 0.6) is 0 Å². The van der Waals surface area contributed by atoms with Gasteiger partial charge in [-0.05, 0) is 123 Å². The summed E-state index contributed by atoms with van der Waals surface area (Å²) in [7, 11) is 0. The third-order valence-electron chi connectivity index (χ3n) is 6.72. The van der Waals surface area contributed by atoms with Gasteiger partial charge in [-0.2, -0.15) is 0 Å². The van der Waals surface area contributed by atoms with Gasteiger partial charge >= 0.3 is 0 Å². The second kappa shape index (κ2) is 12.9. The van der Waals surface area contributed by atoms with Gasteiger partial charge in [-0.25, -0.2) is 0 Å². The Hall–Kier alpha value is -2.35. The van der Waals surface area contributed by atoms with Gasteiger partial charge in [-0.3, -0.25) is 4.79 Å². The van der Waals surface area contributed by atoms with Gasteiger partial charge < -0.3 is 4.90 Å². The highest BCUT2D eigenvalue weighted by atomic mass is 16.2. The lowest BCUT2D eigenvalue weighted by atomic mass is 9.87. The van der Waals surface area contributed by atoms with Crippen LogP contribution in [0.4, 0.5) is 5.69 Å². The molecule has 1 aliphatic heterocycles. The molecule has 34 heavy (non-hydrogen) atoms. The van der Waals surface area contributed by atoms with Crippen LogP contribution in [0, 0.1) is 0 Å². The number of amides is 1. The number of hydrogen-bond donors (Lipinski definition) is 0. The first-order valence-corrected chi connectivity index (χ1v) is 13.1. The van der Waals surface area contributed by atoms with E-state index in [2.05, 4.69) is 91.0 Å². The maximum absolute atomic E-state index is 12.3. The van der Waals surface area contributed by atoms with Gasteiger partial charge in [-0.1, -0.05) is 47.1 Å². The van der Waals surface area contributed by atoms with E-state index in [0.29, 0.717) is 0 Å². The van der Waals surface area contributed by atoms with Crippen LogP contribution in [0.1, 0.15) is 111 Å². The summed E-state index contributed by atoms with van der Waals surface area (Å²) < 4.78 is 0. The number of rotatable bonds is 11. The zero-order valence-corrected chi connectivity index (χ0v) is 23.1. The second-order valence-corrected chi connectivity index (χ2v) is 10.9. The number of allylic oxidation sites excluding steroid dienone is 7. The predicted octanol–water partition coefficient (Wildman–Crippen LogP) is 9.37. The van der Waals surface area contributed by atoms with Crippen molar-refractivity contribution in [3.8, 4) is 0 Å². The predicted molar refractivity (Wildman–Crippen MR) is 150 cm³/mol. The van der Waals surface area contributed by atoms with Crippen molar-refractivity contribution in [3.05, 3.63) is 70.3 Å². The molecular weight excluding hydrogens is 414 g/mol. The Bertz CT molecular complexity index is 967. The van der Waals surface area contributed by atoms with Crippen LogP contribution in [0.3, 0.4) is 0 Å². The van der Waals surface area contributed by atoms with Gasteiger partial charge in [0.05, 0.1) is 11.2 Å². The average Bonchev–Trinajstić information content (AvgIpc) is 2.72. The van der Waals surface area contributed by atoms with Crippen LogP contribution in [0.15, 0.2) is 59.2 Å². The fraction of sp³-hybridized carbons (Fsp3) is 0.531. The first-order valence-electron chi connectivity index (χ1n) is 13.1. The van der Waals surface area contributed by atoms with E-state index in [4.69, 9.17) is 0 Å². The Kier molecular flexibility index (Phi) is 10.6. The summed E-state index contributed by atoms with van der Waals surface area (Å²) in [6.07, 6.45) is 18.7. The van der Waals surface area contributed by atoms with Gasteiger partial charge in [0.15, 0.2) is 0 Å². The number of aryl methyl sites for hydroxylation is 1. The number of carbonyl (C=O) groups is 1. The summed E-state index contributed by atoms with van der Waals surface area (Å²) >= 11 is 0. The van der Waals surface area contributed by atoms with E-state index in [1.165, 1.54) is 59.1 Å². The zero-order chi connectivity index (χ0) is 25.3. The maximum atomic E-state index is 12.3. The third kappa shape index (κ3) is 8.46. The van der Waals surface area contributed by atoms with Crippen LogP contribution in [-0.2, 0) is 11.2 Å². The Balaban J connectivity index is 1.80. The highest BCUT2D eigenvalue weighted by Gasteiger charge is 2.33. The molecule has 0 bridgehead atoms. The number of unbranched alkanes of at least 4 members (excludes halogenated alkanes) is 2. The van der Waals surface area contributed by atoms with Crippen molar-refractivity contribution in [2.45, 2.75) is 112 Å². The number of anilines is 1. The summed E-state index contributed by atoms with van der Waals surface area (Å²) in [5.74, 6) is 0.0966. The summed E-state index contributed by atoms with van der Waals surface area (Å²) in [4.78, 5) is 14.2. The summed E-state index contributed by atoms with van der Waals surface area (Å²) in [6, 6.07) is 6.64. The zero-order valence-electron chi connectivity index (χ0n) is 23.1. The van der Waals surface area contributed by atoms with Crippen molar-refractivity contribution in [3.63, 3.8) is 0 Å². The van der Waals surface area contributed by atoms with Crippen LogP contribution >= 0.6 is 0 Å². The highest BCUT2D eigenvalue weighted by molar-refractivity contribution is 5.99. The third-order valence-corrected chi connectivity index (χ3v) is 6.72. The molecule has 1 aromatic rings. The van der Waals surface area contributed by atoms with Crippen LogP contribution < -0.4 is 4.90 Å². The number of hydrogen-bond acceptors (Lipinski definition) is 1. The van der Waals surface area contributed by atoms with Gasteiger partial charge in [0, 0.05) is 12.5 Å². The van der Waals surface area contributed by atoms with Gasteiger partial charge in [0.1, 0.15) is 0 Å². The summed E-state index contributed by atoms with van der Waals surface area (Å²) in [5, 5.41) is 0. The van der Waals surface area contributed by atoms with E-state index in [1.54, 1.807) is 6.92 Å². The quantitative estimate of drug-likeness (QED) is 0.237. The molecule has 0 saturated carbocycles. The fourth-order valence-corrected chi connectivity index (χ4v) is 4.97. The molecule has 0 spiro atoms. The monoisotopic (exact) mass is 461 g/mol. The van der Waals surface area contributed by atoms with Crippen molar-refractivity contribution >= 4 is 17.2 Å². The van der Waals surface area contributed by atoms with E-state index in [-0.39, 0.29) is 11.4 Å². The SMILES string of the molecule is CC(=O)N1c2ccc(CCCCC=C(C)CCC=C(C)CCC=C(C)C)cc2C(C)=CC1(C)C. The normalized spacial score (nSPS) is 15.6. The first kappa shape index (κ1) is 27.9. The van der Waals surface area contributed by atoms with Crippen LogP contribution in [0.25, 0.3) is 5.57 Å². The van der Waals surface area contributed by atoms with E-state index in [9.17, 15) is 4.79 Å². The van der Waals surface area contributed by atoms with Gasteiger partial charge in [-0.15, -0.1) is 0 Å². The maximum Gasteiger partial charge on any atom is 0.224 e. The minimum absolute atomic E-state index is 0.0966. The number of nitrogens with zero attached hydrogens (tertiary/aromatic N) is 1. The molecule has 2 heteroatoms. The number of carbonyl (C=O) groups excluding carboxylic acids is 1. The molecule has 2 rings (SSSR count). The molecule has 1 heterocycles. The molecule has 1 amide bonds. The Morgan fingerprint density at radius 2 is 1.50 bits per heavy atom. The van der Waals surface area contributed by atoms with E-state index in [0.717, 1.165) is 31.4 Å². The molecule has 0 radical (unpaired) electrons. The Labute approximate surface area is 209 Å². The lowest BCUT2D eigenvalue weighted by molar-refractivity contribution is -0.117. The van der Waals surface area contributed by atoms with Crippen molar-refractivity contribution in [2.24, 2.45) is 0 Å². The van der Waals surface area contributed by atoms with Crippen LogP contribution in [-0.4, -0.2) is 11.4 Å². The van der Waals surface area contributed by atoms with E-state index in [1.807, 2.05) is 4.90 Å². The molecule has 0 atom stereocenters. The largest absolute Gasteiger partial charge is 0.303 e. The second-order valence-electron chi connectivity index (χ2n) is 10.9. The number of benzene rings is 1. The standard InChI is InChI=1S/C32H47NO/c1-24(2)14-12-16-26(4)18-13-17-25(3)15-10-9-11-19-29-20-21-31-30(22-29)27(5)23-32(7,8)33(31)28(6)34/h14-15,18,20-23H,9-13,16-17,19H2,1-8H3. The number of fused-ring (bicyclic) bond motifs is 1. The molecule has 1 aliphatic rings. The van der Waals surface area contributed by atoms with Crippen molar-refractivity contribution in [2.75, 3.05) is 4.90 Å². The summed E-state index contributed by atoms with van der Waals surface area (Å²) in [6.45, 7) is 16.9. The Morgan fingerprint density at radius 1 is 0.882 bits per heavy atom. The van der Waals surface area contributed by atoms with Gasteiger partial charge in [0.2, 0.25) is 5.91 Å². The molecule has 0 unspecified atom stereocenters. The summed E-state index contributed by atoms with van der Waals surface area (Å²) in [5.41, 5.74) is 9.02. The molecule has 2 nitrogen and oxygen atoms in total. The molecule has 0 fully saturated rings. The van der Waals surface area contributed by atoms with Crippen molar-refractivity contribution in [1.29, 1.82) is 0 Å². The topological polar surface area (TPSA) is 20.3 Å². The van der Waals surface area contributed by atoms with Gasteiger partial charge in [0.25, 0.3) is 0 Å². The van der Waals surface area contributed by atoms with Crippen molar-refractivity contribution in [1.82, 2.24) is 0 Å². The molecule has 186 valence electrons. The van der Waals surface area contributed by atoms with E-state index >= 15 is 0 Å². The molecule has 0 N–H and O–H groups in total. The molecular formula is C32H47NO. The van der Waals surface area contributed by atoms with Crippen molar-refractivity contribution < 1.29 is 4.79 Å². The molecule has 1 aromatic carbocycles. The molecule has 0 aliphatic carbocycles. The first-order chi connectivity index (χ1) is 16.0. The minimum Gasteiger partial charge on any atom is -0.303 e. The molecule has 0 saturated heterocycles.